The Kier molecular flexibility index (Phi) is 7.43. The summed E-state index contributed by atoms with van der Waals surface area (Å²) in [5.41, 5.74) is 3.18. The molecule has 0 spiro atoms. The third kappa shape index (κ3) is 5.86. The van der Waals surface area contributed by atoms with Gasteiger partial charge in [-0.05, 0) is 29.8 Å². The van der Waals surface area contributed by atoms with Crippen molar-refractivity contribution in [2.24, 2.45) is 16.8 Å². The molecule has 1 aromatic heterocycles. The highest BCUT2D eigenvalue weighted by Crippen LogP contribution is 2.16. The second-order valence-corrected chi connectivity index (χ2v) is 6.92. The van der Waals surface area contributed by atoms with Crippen molar-refractivity contribution in [1.29, 1.82) is 0 Å². The van der Waals surface area contributed by atoms with Crippen molar-refractivity contribution < 1.29 is 24.2 Å². The average Bonchev–Trinajstić information content (AvgIpc) is 2.84. The van der Waals surface area contributed by atoms with E-state index in [-0.39, 0.29) is 29.3 Å². The summed E-state index contributed by atoms with van der Waals surface area (Å²) in [5.74, 6) is 5.87. The van der Waals surface area contributed by atoms with Crippen LogP contribution in [0.3, 0.4) is 0 Å². The minimum Gasteiger partial charge on any atom is -0.347 e. The first-order valence-corrected chi connectivity index (χ1v) is 9.71. The zero-order valence-electron chi connectivity index (χ0n) is 17.6. The number of halogens is 1. The first kappa shape index (κ1) is 24.2. The number of hydrogen-bond donors (Lipinski definition) is 7. The van der Waals surface area contributed by atoms with Crippen LogP contribution >= 0.6 is 0 Å². The second-order valence-electron chi connectivity index (χ2n) is 6.92. The van der Waals surface area contributed by atoms with Gasteiger partial charge in [-0.25, -0.2) is 20.2 Å². The molecule has 34 heavy (non-hydrogen) atoms. The van der Waals surface area contributed by atoms with Crippen LogP contribution in [-0.4, -0.2) is 37.8 Å². The van der Waals surface area contributed by atoms with E-state index >= 15 is 0 Å². The molecule has 0 aliphatic carbocycles. The van der Waals surface area contributed by atoms with Crippen molar-refractivity contribution in [3.8, 4) is 0 Å². The molecule has 12 nitrogen and oxygen atoms in total. The third-order valence-electron chi connectivity index (χ3n) is 4.61. The molecule has 13 heteroatoms. The topological polar surface area (TPSA) is 201 Å². The Balaban J connectivity index is 1.64. The third-order valence-corrected chi connectivity index (χ3v) is 4.61. The summed E-state index contributed by atoms with van der Waals surface area (Å²) in [4.78, 5) is 32.5. The molecule has 0 saturated carbocycles. The quantitative estimate of drug-likeness (QED) is 0.0758. The maximum absolute atomic E-state index is 13.1. The number of aliphatic hydroxyl groups is 2. The highest BCUT2D eigenvalue weighted by atomic mass is 19.1. The van der Waals surface area contributed by atoms with Crippen LogP contribution in [0.15, 0.2) is 66.0 Å². The van der Waals surface area contributed by atoms with Gasteiger partial charge in [-0.1, -0.05) is 24.3 Å². The molecule has 2 aromatic carbocycles. The molecular weight excluding hydrogens is 447 g/mol. The number of hydrazine groups is 1. The van der Waals surface area contributed by atoms with Crippen molar-refractivity contribution in [3.05, 3.63) is 94.8 Å². The molecule has 0 aliphatic heterocycles. The molecule has 2 amide bonds. The molecule has 0 saturated heterocycles. The SMILES string of the molecule is N/N=C(\NN)c1ccc(CNC(=O)c2cc(C(=O)NC(O)(O)c3ccc(F)cc3)ncn2)cc1. The number of carbonyl (C=O) groups excluding carboxylic acids is 2. The lowest BCUT2D eigenvalue weighted by Gasteiger charge is -2.23. The fraction of sp³-hybridized carbons (Fsp3) is 0.0952. The van der Waals surface area contributed by atoms with Gasteiger partial charge in [0.2, 0.25) is 0 Å². The lowest BCUT2D eigenvalue weighted by Crippen LogP contribution is -2.46. The van der Waals surface area contributed by atoms with E-state index < -0.39 is 23.5 Å². The predicted molar refractivity (Wildman–Crippen MR) is 118 cm³/mol. The van der Waals surface area contributed by atoms with Crippen LogP contribution in [0, 0.1) is 5.82 Å². The first-order valence-electron chi connectivity index (χ1n) is 9.71. The molecule has 0 unspecified atom stereocenters. The normalized spacial score (nSPS) is 11.6. The predicted octanol–water partition coefficient (Wildman–Crippen LogP) is -0.846. The van der Waals surface area contributed by atoms with Crippen LogP contribution in [0.5, 0.6) is 0 Å². The molecule has 0 aliphatic rings. The molecule has 0 radical (unpaired) electrons. The van der Waals surface area contributed by atoms with Crippen LogP contribution in [0.25, 0.3) is 0 Å². The van der Waals surface area contributed by atoms with Gasteiger partial charge in [0, 0.05) is 23.7 Å². The van der Waals surface area contributed by atoms with Crippen LogP contribution in [0.1, 0.15) is 37.7 Å². The van der Waals surface area contributed by atoms with E-state index in [1.54, 1.807) is 24.3 Å². The van der Waals surface area contributed by atoms with Gasteiger partial charge in [-0.2, -0.15) is 5.10 Å². The Morgan fingerprint density at radius 3 is 2.21 bits per heavy atom. The van der Waals surface area contributed by atoms with Gasteiger partial charge in [-0.3, -0.25) is 14.9 Å². The van der Waals surface area contributed by atoms with Gasteiger partial charge < -0.3 is 26.8 Å². The van der Waals surface area contributed by atoms with E-state index in [2.05, 4.69) is 25.8 Å². The summed E-state index contributed by atoms with van der Waals surface area (Å²) in [6.45, 7) is 0.150. The molecule has 3 aromatic rings. The number of aromatic nitrogens is 2. The lowest BCUT2D eigenvalue weighted by molar-refractivity contribution is -0.185. The summed E-state index contributed by atoms with van der Waals surface area (Å²) in [6, 6.07) is 12.2. The molecule has 3 rings (SSSR count). The highest BCUT2D eigenvalue weighted by molar-refractivity contribution is 5.98. The van der Waals surface area contributed by atoms with Crippen LogP contribution in [-0.2, 0) is 12.5 Å². The van der Waals surface area contributed by atoms with Crippen LogP contribution in [0.4, 0.5) is 4.39 Å². The van der Waals surface area contributed by atoms with E-state index in [1.165, 1.54) is 0 Å². The molecule has 1 heterocycles. The summed E-state index contributed by atoms with van der Waals surface area (Å²) in [5, 5.41) is 28.4. The summed E-state index contributed by atoms with van der Waals surface area (Å²) in [7, 11) is 0. The van der Waals surface area contributed by atoms with E-state index in [1.807, 2.05) is 5.32 Å². The number of hydrazone groups is 1. The number of hydrogen-bond acceptors (Lipinski definition) is 9. The summed E-state index contributed by atoms with van der Waals surface area (Å²) >= 11 is 0. The minimum atomic E-state index is -2.79. The molecular formula is C21H21FN8O4. The summed E-state index contributed by atoms with van der Waals surface area (Å²) in [6.07, 6.45) is 0.987. The molecule has 9 N–H and O–H groups in total. The highest BCUT2D eigenvalue weighted by Gasteiger charge is 2.29. The first-order chi connectivity index (χ1) is 16.2. The standard InChI is InChI=1S/C21H21FN8O4/c22-15-7-5-14(6-8-15)21(33,34)28-20(32)17-9-16(26-11-27-17)19(31)25-10-12-1-3-13(4-2-12)18(29-23)30-24/h1-9,11,33-34H,10,23-24H2,(H,25,31)(H,28,32)(H,29,30). The smallest absolute Gasteiger partial charge is 0.275 e. The van der Waals surface area contributed by atoms with Crippen molar-refractivity contribution in [3.63, 3.8) is 0 Å². The maximum Gasteiger partial charge on any atom is 0.275 e. The summed E-state index contributed by atoms with van der Waals surface area (Å²) < 4.78 is 13.1. The van der Waals surface area contributed by atoms with Crippen LogP contribution in [0.2, 0.25) is 0 Å². The Labute approximate surface area is 192 Å². The number of nitrogens with one attached hydrogen (secondary N) is 3. The minimum absolute atomic E-state index is 0.120. The monoisotopic (exact) mass is 468 g/mol. The largest absolute Gasteiger partial charge is 0.347 e. The van der Waals surface area contributed by atoms with E-state index in [0.717, 1.165) is 42.2 Å². The molecule has 0 atom stereocenters. The number of carbonyl (C=O) groups is 2. The van der Waals surface area contributed by atoms with Gasteiger partial charge in [0.25, 0.3) is 17.7 Å². The fourth-order valence-corrected chi connectivity index (χ4v) is 2.83. The van der Waals surface area contributed by atoms with Gasteiger partial charge >= 0.3 is 0 Å². The number of rotatable bonds is 7. The van der Waals surface area contributed by atoms with Crippen molar-refractivity contribution in [1.82, 2.24) is 26.0 Å². The van der Waals surface area contributed by atoms with Gasteiger partial charge in [0.05, 0.1) is 0 Å². The Morgan fingerprint density at radius 1 is 1.00 bits per heavy atom. The van der Waals surface area contributed by atoms with Crippen molar-refractivity contribution in [2.75, 3.05) is 0 Å². The maximum atomic E-state index is 13.1. The Morgan fingerprint density at radius 2 is 1.62 bits per heavy atom. The zero-order chi connectivity index (χ0) is 24.7. The van der Waals surface area contributed by atoms with E-state index in [4.69, 9.17) is 11.7 Å². The second kappa shape index (κ2) is 10.4. The number of benzene rings is 2. The average molecular weight is 468 g/mol. The van der Waals surface area contributed by atoms with Crippen molar-refractivity contribution >= 4 is 17.6 Å². The van der Waals surface area contributed by atoms with E-state index in [0.29, 0.717) is 5.56 Å². The van der Waals surface area contributed by atoms with E-state index in [9.17, 15) is 24.2 Å². The number of nitrogens with two attached hydrogens (primary N) is 2. The van der Waals surface area contributed by atoms with Gasteiger partial charge in [0.1, 0.15) is 23.5 Å². The molecule has 0 bridgehead atoms. The van der Waals surface area contributed by atoms with Gasteiger partial charge in [0.15, 0.2) is 5.84 Å². The molecule has 0 fully saturated rings. The number of nitrogens with zero attached hydrogens (tertiary/aromatic N) is 3. The van der Waals surface area contributed by atoms with Crippen LogP contribution < -0.4 is 27.7 Å². The zero-order valence-corrected chi connectivity index (χ0v) is 17.6. The lowest BCUT2D eigenvalue weighted by atomic mass is 10.1. The van der Waals surface area contributed by atoms with Crippen molar-refractivity contribution in [2.45, 2.75) is 12.5 Å². The Bertz CT molecular complexity index is 1200. The Hall–Kier alpha value is -4.46. The number of amidine groups is 1. The molecule has 176 valence electrons. The van der Waals surface area contributed by atoms with Gasteiger partial charge in [-0.15, -0.1) is 0 Å². The fourth-order valence-electron chi connectivity index (χ4n) is 2.83. The number of amides is 2.